The maximum absolute atomic E-state index is 5.28. The fraction of sp³-hybridized carbons (Fsp3) is 0.250. The van der Waals surface area contributed by atoms with E-state index in [1.165, 1.54) is 9.79 Å². The molecule has 2 rings (SSSR count). The summed E-state index contributed by atoms with van der Waals surface area (Å²) in [6, 6.07) is 3.93. The predicted octanol–water partition coefficient (Wildman–Crippen LogP) is 2.44. The van der Waals surface area contributed by atoms with E-state index in [2.05, 4.69) is 0 Å². The van der Waals surface area contributed by atoms with Gasteiger partial charge in [-0.2, -0.15) is 0 Å². The Labute approximate surface area is 90.0 Å². The van der Waals surface area contributed by atoms with Crippen molar-refractivity contribution in [1.82, 2.24) is 0 Å². The zero-order chi connectivity index (χ0) is 9.26. The van der Waals surface area contributed by atoms with E-state index in [0.717, 1.165) is 11.5 Å². The van der Waals surface area contributed by atoms with Crippen molar-refractivity contribution in [2.75, 3.05) is 14.2 Å². The summed E-state index contributed by atoms with van der Waals surface area (Å²) in [6.45, 7) is 0. The minimum atomic E-state index is 0.532. The van der Waals surface area contributed by atoms with Crippen LogP contribution in [0.1, 0.15) is 0 Å². The Morgan fingerprint density at radius 2 is 1.46 bits per heavy atom. The van der Waals surface area contributed by atoms with Crippen LogP contribution in [0.5, 0.6) is 11.5 Å². The van der Waals surface area contributed by atoms with Gasteiger partial charge in [-0.25, -0.2) is 0 Å². The Morgan fingerprint density at radius 1 is 1.00 bits per heavy atom. The maximum atomic E-state index is 5.28. The molecule has 1 heterocycles. The van der Waals surface area contributed by atoms with Crippen LogP contribution in [-0.2, 0) is 0 Å². The molecule has 0 aliphatic carbocycles. The van der Waals surface area contributed by atoms with Gasteiger partial charge in [-0.15, -0.1) is 0 Å². The number of hydrogen-bond donors (Lipinski definition) is 0. The van der Waals surface area contributed by atoms with Gasteiger partial charge in [0, 0.05) is 0 Å². The summed E-state index contributed by atoms with van der Waals surface area (Å²) in [5.74, 6) is 1.93. The van der Waals surface area contributed by atoms with Crippen LogP contribution in [0.2, 0.25) is 0 Å². The van der Waals surface area contributed by atoms with Gasteiger partial charge in [0.05, 0.1) is 0 Å². The number of rotatable bonds is 2. The molecule has 0 amide bonds. The second kappa shape index (κ2) is 4.05. The van der Waals surface area contributed by atoms with Gasteiger partial charge in [-0.05, 0) is 0 Å². The topological polar surface area (TPSA) is 18.5 Å². The molecular formula is C8H8O2S2Se. The summed E-state index contributed by atoms with van der Waals surface area (Å²) in [4.78, 5) is 2.48. The van der Waals surface area contributed by atoms with Crippen molar-refractivity contribution in [3.05, 3.63) is 12.1 Å². The van der Waals surface area contributed by atoms with Crippen molar-refractivity contribution >= 4 is 33.1 Å². The fourth-order valence-corrected chi connectivity index (χ4v) is 8.85. The van der Waals surface area contributed by atoms with Crippen molar-refractivity contribution in [1.29, 1.82) is 0 Å². The molecule has 0 aromatic heterocycles. The summed E-state index contributed by atoms with van der Waals surface area (Å²) in [5, 5.41) is 0. The third-order valence-corrected chi connectivity index (χ3v) is 8.20. The van der Waals surface area contributed by atoms with E-state index in [9.17, 15) is 0 Å². The van der Waals surface area contributed by atoms with Gasteiger partial charge >= 0.3 is 90.2 Å². The van der Waals surface area contributed by atoms with E-state index >= 15 is 0 Å². The van der Waals surface area contributed by atoms with E-state index in [0.29, 0.717) is 12.7 Å². The molecule has 0 fully saturated rings. The second-order valence-corrected chi connectivity index (χ2v) is 8.72. The van der Waals surface area contributed by atoms with E-state index in [4.69, 9.17) is 9.47 Å². The van der Waals surface area contributed by atoms with Crippen molar-refractivity contribution < 1.29 is 9.47 Å². The molecule has 13 heavy (non-hydrogen) atoms. The summed E-state index contributed by atoms with van der Waals surface area (Å²) >= 11 is 0.532. The molecule has 0 radical (unpaired) electrons. The Bertz CT molecular complexity index is 299. The van der Waals surface area contributed by atoms with Crippen LogP contribution in [-0.4, -0.2) is 26.9 Å². The standard InChI is InChI=1S/C8H8O2S2Se/c1-9-5-3-4-6(10-2)8-7(5)11-13-12-8/h3-4H,1-2H3. The van der Waals surface area contributed by atoms with Crippen molar-refractivity contribution in [2.45, 2.75) is 9.79 Å². The number of methoxy groups -OCH3 is 2. The molecule has 0 unspecified atom stereocenters. The Hall–Kier alpha value is 0.0395. The normalized spacial score (nSPS) is 14.0. The second-order valence-electron chi connectivity index (χ2n) is 2.36. The average Bonchev–Trinajstić information content (AvgIpc) is 2.64. The summed E-state index contributed by atoms with van der Waals surface area (Å²) in [7, 11) is 7.15. The van der Waals surface area contributed by atoms with Crippen LogP contribution in [0.15, 0.2) is 21.9 Å². The fourth-order valence-electron chi connectivity index (χ4n) is 1.09. The number of ether oxygens (including phenoxy) is 2. The Morgan fingerprint density at radius 3 is 1.85 bits per heavy atom. The third kappa shape index (κ3) is 1.66. The van der Waals surface area contributed by atoms with E-state index in [1.54, 1.807) is 14.2 Å². The Kier molecular flexibility index (Phi) is 2.99. The molecule has 1 aromatic rings. The van der Waals surface area contributed by atoms with Crippen LogP contribution >= 0.6 is 20.4 Å². The van der Waals surface area contributed by atoms with Crippen LogP contribution in [0, 0.1) is 0 Å². The zero-order valence-corrected chi connectivity index (χ0v) is 10.5. The first-order valence-electron chi connectivity index (χ1n) is 3.63. The van der Waals surface area contributed by atoms with Gasteiger partial charge in [-0.3, -0.25) is 0 Å². The van der Waals surface area contributed by atoms with Crippen LogP contribution in [0.3, 0.4) is 0 Å². The quantitative estimate of drug-likeness (QED) is 0.774. The molecule has 0 saturated heterocycles. The molecule has 70 valence electrons. The van der Waals surface area contributed by atoms with Gasteiger partial charge < -0.3 is 0 Å². The van der Waals surface area contributed by atoms with Gasteiger partial charge in [0.2, 0.25) is 0 Å². The van der Waals surface area contributed by atoms with E-state index in [1.807, 2.05) is 32.5 Å². The summed E-state index contributed by atoms with van der Waals surface area (Å²) in [6.07, 6.45) is 0. The molecule has 0 N–H and O–H groups in total. The molecule has 0 bridgehead atoms. The summed E-state index contributed by atoms with van der Waals surface area (Å²) in [5.41, 5.74) is 0. The van der Waals surface area contributed by atoms with Crippen molar-refractivity contribution in [2.24, 2.45) is 0 Å². The van der Waals surface area contributed by atoms with E-state index < -0.39 is 0 Å². The average molecular weight is 279 g/mol. The SMILES string of the molecule is COc1ccc(OC)c2c1S[Se]S2. The van der Waals surface area contributed by atoms with Crippen molar-refractivity contribution in [3.8, 4) is 11.5 Å². The van der Waals surface area contributed by atoms with E-state index in [-0.39, 0.29) is 0 Å². The molecule has 5 heteroatoms. The third-order valence-electron chi connectivity index (χ3n) is 1.71. The van der Waals surface area contributed by atoms with Crippen LogP contribution < -0.4 is 9.47 Å². The van der Waals surface area contributed by atoms with Gasteiger partial charge in [0.1, 0.15) is 0 Å². The number of fused-ring (bicyclic) bond motifs is 1. The van der Waals surface area contributed by atoms with Gasteiger partial charge in [0.15, 0.2) is 0 Å². The van der Waals surface area contributed by atoms with Gasteiger partial charge in [0.25, 0.3) is 0 Å². The van der Waals surface area contributed by atoms with Crippen LogP contribution in [0.25, 0.3) is 0 Å². The zero-order valence-electron chi connectivity index (χ0n) is 7.20. The number of benzene rings is 1. The van der Waals surface area contributed by atoms with Crippen LogP contribution in [0.4, 0.5) is 0 Å². The monoisotopic (exact) mass is 280 g/mol. The van der Waals surface area contributed by atoms with Gasteiger partial charge in [-0.1, -0.05) is 0 Å². The molecule has 0 spiro atoms. The molecule has 1 aliphatic heterocycles. The molecule has 0 atom stereocenters. The molecule has 1 aliphatic rings. The molecular weight excluding hydrogens is 271 g/mol. The number of hydrogen-bond acceptors (Lipinski definition) is 4. The summed E-state index contributed by atoms with van der Waals surface area (Å²) < 4.78 is 10.6. The molecule has 1 aromatic carbocycles. The first-order chi connectivity index (χ1) is 6.36. The molecule has 0 saturated carbocycles. The molecule has 2 nitrogen and oxygen atoms in total. The first-order valence-corrected chi connectivity index (χ1v) is 9.31. The van der Waals surface area contributed by atoms with Crippen molar-refractivity contribution in [3.63, 3.8) is 0 Å². The minimum absolute atomic E-state index is 0.532. The Balaban J connectivity index is 2.52. The predicted molar refractivity (Wildman–Crippen MR) is 57.0 cm³/mol. The first kappa shape index (κ1) is 9.59.